The predicted octanol–water partition coefficient (Wildman–Crippen LogP) is -14.1. The molecule has 0 aliphatic carbocycles. The van der Waals surface area contributed by atoms with Crippen LogP contribution in [0, 0.1) is 0 Å². The van der Waals surface area contributed by atoms with E-state index in [4.69, 9.17) is 0 Å². The van der Waals surface area contributed by atoms with Gasteiger partial charge in [-0.3, -0.25) is 0 Å². The minimum Gasteiger partial charge on any atom is -0.548 e. The third kappa shape index (κ3) is 19.1. The van der Waals surface area contributed by atoms with Gasteiger partial charge in [-0.1, -0.05) is 0 Å². The molecule has 26 nitrogen and oxygen atoms in total. The molecule has 4 rings (SSSR count). The van der Waals surface area contributed by atoms with Crippen LogP contribution in [0.25, 0.3) is 23.3 Å². The molecule has 282 valence electrons. The van der Waals surface area contributed by atoms with E-state index in [0.29, 0.717) is 0 Å². The molecule has 0 bridgehead atoms. The number of aromatic nitrogens is 8. The maximum Gasteiger partial charge on any atom is 2.00 e. The number of nitrogens with zero attached hydrogens (tertiary/aromatic N) is 8. The van der Waals surface area contributed by atoms with Crippen molar-refractivity contribution >= 4 is 23.9 Å². The van der Waals surface area contributed by atoms with Gasteiger partial charge in [0.1, 0.15) is 0 Å². The summed E-state index contributed by atoms with van der Waals surface area (Å²) >= 11 is 0. The molecule has 4 heterocycles. The molecule has 0 amide bonds. The molecule has 4 aromatic heterocycles. The number of carbonyl (C=O) groups excluding carboxylic acids is 4. The van der Waals surface area contributed by atoms with Crippen LogP contribution in [0.2, 0.25) is 0 Å². The van der Waals surface area contributed by atoms with Crippen molar-refractivity contribution in [1.82, 2.24) is 38.2 Å². The van der Waals surface area contributed by atoms with E-state index in [9.17, 15) is 39.6 Å². The van der Waals surface area contributed by atoms with Gasteiger partial charge in [0.2, 0.25) is 0 Å². The van der Waals surface area contributed by atoms with E-state index >= 15 is 0 Å². The third-order valence-electron chi connectivity index (χ3n) is 4.46. The molecule has 0 spiro atoms. The Balaban J connectivity index is -0.0000000602. The second-order valence-corrected chi connectivity index (χ2v) is 7.00. The maximum atomic E-state index is 10.6. The zero-order valence-electron chi connectivity index (χ0n) is 24.3. The van der Waals surface area contributed by atoms with Crippen LogP contribution in [0.5, 0.6) is 0 Å². The van der Waals surface area contributed by atoms with E-state index in [2.05, 4.69) is 19.9 Å². The van der Waals surface area contributed by atoms with E-state index in [0.717, 1.165) is 0 Å². The summed E-state index contributed by atoms with van der Waals surface area (Å²) in [4.78, 5) is 58.1. The summed E-state index contributed by atoms with van der Waals surface area (Å²) in [5.41, 5.74) is 0. The van der Waals surface area contributed by atoms with Crippen LogP contribution in [0.4, 0.5) is 0 Å². The van der Waals surface area contributed by atoms with Gasteiger partial charge in [-0.25, -0.2) is 19.9 Å². The monoisotopic (exact) mass is 798 g/mol. The molecule has 0 aliphatic heterocycles. The first-order chi connectivity index (χ1) is 17.2. The van der Waals surface area contributed by atoms with Crippen molar-refractivity contribution in [3.05, 3.63) is 49.6 Å². The van der Waals surface area contributed by atoms with Crippen LogP contribution >= 0.6 is 0 Å². The molecular weight excluding hydrogens is 758 g/mol. The molecule has 48 heavy (non-hydrogen) atoms. The summed E-state index contributed by atoms with van der Waals surface area (Å²) < 4.78 is 5.24. The quantitative estimate of drug-likeness (QED) is 0.135. The maximum absolute atomic E-state index is 10.6. The fraction of sp³-hybridized carbons (Fsp3) is 0.200. The van der Waals surface area contributed by atoms with Gasteiger partial charge in [-0.2, -0.15) is 0 Å². The molecular formula is C20H40Co2N8O18+4. The second-order valence-electron chi connectivity index (χ2n) is 7.00. The molecule has 0 fully saturated rings. The molecule has 0 atom stereocenters. The van der Waals surface area contributed by atoms with Crippen LogP contribution < -0.4 is 20.4 Å². The Kier molecular flexibility index (Phi) is 47.0. The third-order valence-corrected chi connectivity index (χ3v) is 4.46. The molecule has 4 aromatic rings. The Morgan fingerprint density at radius 3 is 0.688 bits per heavy atom. The first-order valence-corrected chi connectivity index (χ1v) is 10.00. The summed E-state index contributed by atoms with van der Waals surface area (Å²) in [5, 5.41) is 42.2. The zero-order chi connectivity index (χ0) is 26.2. The first-order valence-electron chi connectivity index (χ1n) is 10.00. The van der Waals surface area contributed by atoms with E-state index in [1.54, 1.807) is 0 Å². The Bertz CT molecular complexity index is 1200. The molecule has 2 radical (unpaired) electrons. The number of imidazole rings is 4. The second kappa shape index (κ2) is 32.3. The molecule has 28 heteroatoms. The standard InChI is InChI=1S/2C10H10N4O4.2Co.10H2O/c2*15-7(16)5-13-3-1-11-9(13)10-12-2-4-14(10)6-8(17)18;;;;;;;;;;;;/h2*1-4H,5-6H2,(H,15,16)(H,17,18);;;10*1H2/q;;2*+2;;;;;;;;;;. The van der Waals surface area contributed by atoms with Gasteiger partial charge >= 0.3 is 33.6 Å². The Hall–Kier alpha value is -4.67. The van der Waals surface area contributed by atoms with E-state index in [-0.39, 0.29) is 138 Å². The van der Waals surface area contributed by atoms with Crippen molar-refractivity contribution in [2.45, 2.75) is 26.2 Å². The van der Waals surface area contributed by atoms with Gasteiger partial charge in [0.15, 0.2) is 23.3 Å². The van der Waals surface area contributed by atoms with E-state index in [1.165, 1.54) is 67.8 Å². The summed E-state index contributed by atoms with van der Waals surface area (Å²) in [5.74, 6) is -4.06. The van der Waals surface area contributed by atoms with Crippen LogP contribution in [0.1, 0.15) is 0 Å². The minimum atomic E-state index is -1.27. The van der Waals surface area contributed by atoms with Crippen LogP contribution in [0.15, 0.2) is 49.6 Å². The van der Waals surface area contributed by atoms with E-state index < -0.39 is 23.9 Å². The van der Waals surface area contributed by atoms with Crippen molar-refractivity contribution in [3.63, 3.8) is 0 Å². The van der Waals surface area contributed by atoms with E-state index in [1.807, 2.05) is 0 Å². The Morgan fingerprint density at radius 1 is 0.417 bits per heavy atom. The van der Waals surface area contributed by atoms with Gasteiger partial charge < -0.3 is 113 Å². The van der Waals surface area contributed by atoms with Crippen LogP contribution in [0.3, 0.4) is 0 Å². The number of hydrogen-bond donors (Lipinski definition) is 0. The number of hydrogen-bond acceptors (Lipinski definition) is 12. The Morgan fingerprint density at radius 2 is 0.562 bits per heavy atom. The zero-order valence-corrected chi connectivity index (χ0v) is 26.3. The van der Waals surface area contributed by atoms with Crippen molar-refractivity contribution in [3.8, 4) is 23.3 Å². The molecule has 0 aromatic carbocycles. The number of carboxylic acid groups (broad SMARTS) is 4. The van der Waals surface area contributed by atoms with Crippen molar-refractivity contribution in [2.24, 2.45) is 0 Å². The van der Waals surface area contributed by atoms with Gasteiger partial charge in [0.05, 0.1) is 50.1 Å². The average Bonchev–Trinajstić information content (AvgIpc) is 3.55. The van der Waals surface area contributed by atoms with Crippen LogP contribution in [-0.4, -0.2) is 94.9 Å². The van der Waals surface area contributed by atoms with Crippen LogP contribution in [-0.2, 0) is 101 Å². The minimum absolute atomic E-state index is 0. The largest absolute Gasteiger partial charge is 2.00 e. The SMILES string of the molecule is O.O.O.O.O.O.O=C([O-])Cn1ccnc1-c1nccn1CC(=O)[O-].O=C([O-])Cn1ccnc1-c1nccn1CC(=O)[O-].[Co+2].[Co+2].[OH3+].[OH3+].[OH3+].[OH3+]. The summed E-state index contributed by atoms with van der Waals surface area (Å²) in [6.45, 7) is -1.53. The fourth-order valence-electron chi connectivity index (χ4n) is 3.13. The summed E-state index contributed by atoms with van der Waals surface area (Å²) in [6.07, 6.45) is 11.4. The fourth-order valence-corrected chi connectivity index (χ4v) is 3.13. The van der Waals surface area contributed by atoms with Crippen molar-refractivity contribution < 1.29 is 128 Å². The topological polar surface area (TPSA) is 553 Å². The number of carboxylic acids is 4. The number of aliphatic carboxylic acids is 4. The normalized spacial score (nSPS) is 7.83. The predicted molar refractivity (Wildman–Crippen MR) is 148 cm³/mol. The molecule has 0 saturated heterocycles. The summed E-state index contributed by atoms with van der Waals surface area (Å²) in [6, 6.07) is 0. The molecule has 24 N–H and O–H groups in total. The molecule has 0 saturated carbocycles. The van der Waals surface area contributed by atoms with Crippen molar-refractivity contribution in [2.75, 3.05) is 0 Å². The number of carbonyl (C=O) groups is 4. The summed E-state index contributed by atoms with van der Waals surface area (Å²) in [7, 11) is 0. The Labute approximate surface area is 288 Å². The average molecular weight is 798 g/mol. The molecule has 0 unspecified atom stereocenters. The van der Waals surface area contributed by atoms with Gasteiger partial charge in [-0.05, 0) is 0 Å². The van der Waals surface area contributed by atoms with Crippen molar-refractivity contribution in [1.29, 1.82) is 0 Å². The molecule has 0 aliphatic rings. The van der Waals surface area contributed by atoms with Gasteiger partial charge in [0.25, 0.3) is 0 Å². The number of rotatable bonds is 10. The van der Waals surface area contributed by atoms with Gasteiger partial charge in [-0.15, -0.1) is 0 Å². The smallest absolute Gasteiger partial charge is 0.548 e. The first kappa shape index (κ1) is 69.9. The van der Waals surface area contributed by atoms with Gasteiger partial charge in [0, 0.05) is 49.6 Å².